The van der Waals surface area contributed by atoms with Gasteiger partial charge in [0.1, 0.15) is 5.76 Å². The van der Waals surface area contributed by atoms with Gasteiger partial charge in [-0.2, -0.15) is 4.98 Å². The predicted molar refractivity (Wildman–Crippen MR) is 107 cm³/mol. The lowest BCUT2D eigenvalue weighted by Crippen LogP contribution is -2.11. The lowest BCUT2D eigenvalue weighted by atomic mass is 10.1. The molecule has 28 heavy (non-hydrogen) atoms. The Balaban J connectivity index is 1.61. The number of anilines is 1. The van der Waals surface area contributed by atoms with Gasteiger partial charge in [-0.15, -0.1) is 0 Å². The van der Waals surface area contributed by atoms with E-state index in [0.717, 1.165) is 0 Å². The molecule has 1 N–H and O–H groups in total. The van der Waals surface area contributed by atoms with Crippen LogP contribution < -0.4 is 5.32 Å². The highest BCUT2D eigenvalue weighted by molar-refractivity contribution is 6.35. The van der Waals surface area contributed by atoms with E-state index >= 15 is 0 Å². The zero-order chi connectivity index (χ0) is 19.7. The molecule has 8 heteroatoms. The molecule has 0 aliphatic carbocycles. The summed E-state index contributed by atoms with van der Waals surface area (Å²) in [6, 6.07) is 15.4. The first-order valence-electron chi connectivity index (χ1n) is 8.27. The van der Waals surface area contributed by atoms with Crippen LogP contribution in [0.2, 0.25) is 10.0 Å². The van der Waals surface area contributed by atoms with Crippen LogP contribution in [-0.2, 0) is 0 Å². The number of carbonyl (C=O) groups excluding carboxylic acids is 1. The molecule has 0 radical (unpaired) electrons. The van der Waals surface area contributed by atoms with Crippen LogP contribution in [0.4, 0.5) is 5.69 Å². The molecule has 0 aliphatic heterocycles. The third-order valence-electron chi connectivity index (χ3n) is 3.96. The largest absolute Gasteiger partial charge is 0.451 e. The molecule has 4 rings (SSSR count). The Morgan fingerprint density at radius 1 is 1.04 bits per heavy atom. The maximum atomic E-state index is 12.7. The van der Waals surface area contributed by atoms with Crippen molar-refractivity contribution in [2.24, 2.45) is 0 Å². The summed E-state index contributed by atoms with van der Waals surface area (Å²) >= 11 is 12.2. The number of hydrogen-bond acceptors (Lipinski definition) is 5. The number of para-hydroxylation sites is 1. The number of halogens is 2. The Kier molecular flexibility index (Phi) is 4.90. The second-order valence-corrected chi connectivity index (χ2v) is 6.78. The average molecular weight is 414 g/mol. The third-order valence-corrected chi connectivity index (χ3v) is 4.52. The number of nitrogens with zero attached hydrogens (tertiary/aromatic N) is 2. The predicted octanol–water partition coefficient (Wildman–Crippen LogP) is 5.86. The van der Waals surface area contributed by atoms with Crippen LogP contribution in [-0.4, -0.2) is 16.0 Å². The SMILES string of the molecule is Cc1noc(-c2ccccc2NC(=O)c2ccc(-c3cc(Cl)ccc3Cl)o2)n1. The standard InChI is InChI=1S/C20H13Cl2N3O3/c1-11-23-20(28-25-11)13-4-2-3-5-16(13)24-19(26)18-9-8-17(27-18)14-10-12(21)6-7-15(14)22/h2-10H,1H3,(H,24,26). The van der Waals surface area contributed by atoms with Crippen molar-refractivity contribution in [2.75, 3.05) is 5.32 Å². The molecule has 4 aromatic rings. The molecular formula is C20H13Cl2N3O3. The summed E-state index contributed by atoms with van der Waals surface area (Å²) in [5.74, 6) is 0.971. The molecular weight excluding hydrogens is 401 g/mol. The summed E-state index contributed by atoms with van der Waals surface area (Å²) in [5.41, 5.74) is 1.74. The highest BCUT2D eigenvalue weighted by Gasteiger charge is 2.18. The van der Waals surface area contributed by atoms with Crippen molar-refractivity contribution >= 4 is 34.8 Å². The van der Waals surface area contributed by atoms with Gasteiger partial charge in [-0.25, -0.2) is 0 Å². The van der Waals surface area contributed by atoms with Gasteiger partial charge in [0.15, 0.2) is 11.6 Å². The molecule has 1 amide bonds. The Labute approximate surface area is 170 Å². The number of aromatic nitrogens is 2. The summed E-state index contributed by atoms with van der Waals surface area (Å²) in [6.45, 7) is 1.72. The van der Waals surface area contributed by atoms with Crippen molar-refractivity contribution in [3.63, 3.8) is 0 Å². The van der Waals surface area contributed by atoms with Gasteiger partial charge in [0.25, 0.3) is 11.8 Å². The third kappa shape index (κ3) is 3.65. The minimum atomic E-state index is -0.423. The van der Waals surface area contributed by atoms with Crippen LogP contribution in [0.5, 0.6) is 0 Å². The van der Waals surface area contributed by atoms with Gasteiger partial charge in [-0.1, -0.05) is 40.5 Å². The molecule has 0 saturated carbocycles. The van der Waals surface area contributed by atoms with Gasteiger partial charge < -0.3 is 14.3 Å². The van der Waals surface area contributed by atoms with Gasteiger partial charge >= 0.3 is 0 Å². The number of furan rings is 1. The Bertz CT molecular complexity index is 1170. The minimum Gasteiger partial charge on any atom is -0.451 e. The Morgan fingerprint density at radius 2 is 1.86 bits per heavy atom. The van der Waals surface area contributed by atoms with Crippen molar-refractivity contribution in [2.45, 2.75) is 6.92 Å². The number of hydrogen-bond donors (Lipinski definition) is 1. The van der Waals surface area contributed by atoms with E-state index in [1.54, 1.807) is 55.5 Å². The Morgan fingerprint density at radius 3 is 2.64 bits per heavy atom. The van der Waals surface area contributed by atoms with E-state index in [2.05, 4.69) is 15.5 Å². The highest BCUT2D eigenvalue weighted by atomic mass is 35.5. The molecule has 2 heterocycles. The lowest BCUT2D eigenvalue weighted by molar-refractivity contribution is 0.0997. The van der Waals surface area contributed by atoms with Crippen LogP contribution >= 0.6 is 23.2 Å². The summed E-state index contributed by atoms with van der Waals surface area (Å²) < 4.78 is 10.9. The zero-order valence-electron chi connectivity index (χ0n) is 14.6. The molecule has 0 saturated heterocycles. The second kappa shape index (κ2) is 7.50. The first-order valence-corrected chi connectivity index (χ1v) is 9.03. The summed E-state index contributed by atoms with van der Waals surface area (Å²) in [7, 11) is 0. The lowest BCUT2D eigenvalue weighted by Gasteiger charge is -2.07. The van der Waals surface area contributed by atoms with Crippen molar-refractivity contribution < 1.29 is 13.7 Å². The average Bonchev–Trinajstić information content (AvgIpc) is 3.33. The van der Waals surface area contributed by atoms with E-state index in [-0.39, 0.29) is 5.76 Å². The molecule has 0 aliphatic rings. The van der Waals surface area contributed by atoms with E-state index < -0.39 is 5.91 Å². The first kappa shape index (κ1) is 18.3. The molecule has 0 unspecified atom stereocenters. The molecule has 0 bridgehead atoms. The van der Waals surface area contributed by atoms with Gasteiger partial charge in [-0.05, 0) is 49.4 Å². The fourth-order valence-corrected chi connectivity index (χ4v) is 3.04. The zero-order valence-corrected chi connectivity index (χ0v) is 16.1. The van der Waals surface area contributed by atoms with Crippen LogP contribution in [0, 0.1) is 6.92 Å². The first-order chi connectivity index (χ1) is 13.5. The Hall–Kier alpha value is -3.09. The fraction of sp³-hybridized carbons (Fsp3) is 0.0500. The number of benzene rings is 2. The molecule has 0 atom stereocenters. The summed E-state index contributed by atoms with van der Waals surface area (Å²) in [6.07, 6.45) is 0. The number of rotatable bonds is 4. The number of amides is 1. The number of nitrogens with one attached hydrogen (secondary N) is 1. The molecule has 6 nitrogen and oxygen atoms in total. The van der Waals surface area contributed by atoms with E-state index in [9.17, 15) is 4.79 Å². The van der Waals surface area contributed by atoms with E-state index in [4.69, 9.17) is 32.1 Å². The molecule has 140 valence electrons. The van der Waals surface area contributed by atoms with Crippen molar-refractivity contribution in [1.82, 2.24) is 10.1 Å². The topological polar surface area (TPSA) is 81.2 Å². The van der Waals surface area contributed by atoms with Crippen LogP contribution in [0.25, 0.3) is 22.8 Å². The minimum absolute atomic E-state index is 0.127. The van der Waals surface area contributed by atoms with Gasteiger partial charge in [0, 0.05) is 10.6 Å². The molecule has 2 aromatic heterocycles. The van der Waals surface area contributed by atoms with E-state index in [1.165, 1.54) is 0 Å². The van der Waals surface area contributed by atoms with Crippen molar-refractivity contribution in [1.29, 1.82) is 0 Å². The van der Waals surface area contributed by atoms with Gasteiger partial charge in [0.05, 0.1) is 16.3 Å². The summed E-state index contributed by atoms with van der Waals surface area (Å²) in [5, 5.41) is 7.58. The van der Waals surface area contributed by atoms with E-state index in [1.807, 2.05) is 6.07 Å². The van der Waals surface area contributed by atoms with Crippen LogP contribution in [0.15, 0.2) is 63.5 Å². The molecule has 2 aromatic carbocycles. The normalized spacial score (nSPS) is 10.8. The monoisotopic (exact) mass is 413 g/mol. The quantitative estimate of drug-likeness (QED) is 0.452. The smallest absolute Gasteiger partial charge is 0.291 e. The van der Waals surface area contributed by atoms with Crippen molar-refractivity contribution in [3.8, 4) is 22.8 Å². The highest BCUT2D eigenvalue weighted by Crippen LogP contribution is 2.32. The van der Waals surface area contributed by atoms with E-state index in [0.29, 0.717) is 44.3 Å². The molecule has 0 fully saturated rings. The number of carbonyl (C=O) groups is 1. The second-order valence-electron chi connectivity index (χ2n) is 5.93. The summed E-state index contributed by atoms with van der Waals surface area (Å²) in [4.78, 5) is 16.9. The maximum absolute atomic E-state index is 12.7. The van der Waals surface area contributed by atoms with Crippen LogP contribution in [0.1, 0.15) is 16.4 Å². The molecule has 0 spiro atoms. The number of aryl methyl sites for hydroxylation is 1. The maximum Gasteiger partial charge on any atom is 0.291 e. The van der Waals surface area contributed by atoms with Gasteiger partial charge in [-0.3, -0.25) is 4.79 Å². The van der Waals surface area contributed by atoms with Crippen LogP contribution in [0.3, 0.4) is 0 Å². The van der Waals surface area contributed by atoms with Gasteiger partial charge in [0.2, 0.25) is 0 Å². The fourth-order valence-electron chi connectivity index (χ4n) is 2.66. The van der Waals surface area contributed by atoms with Crippen molar-refractivity contribution in [3.05, 3.63) is 76.2 Å².